The minimum atomic E-state index is -1.01. The van der Waals surface area contributed by atoms with Crippen molar-refractivity contribution in [2.24, 2.45) is 0 Å². The van der Waals surface area contributed by atoms with E-state index in [0.717, 1.165) is 0 Å². The van der Waals surface area contributed by atoms with Gasteiger partial charge in [0.2, 0.25) is 0 Å². The Morgan fingerprint density at radius 3 is 2.83 bits per heavy atom. The van der Waals surface area contributed by atoms with E-state index < -0.39 is 16.9 Å². The van der Waals surface area contributed by atoms with Crippen molar-refractivity contribution in [1.82, 2.24) is 0 Å². The zero-order valence-electron chi connectivity index (χ0n) is 9.58. The number of hydrogen-bond donors (Lipinski definition) is 2. The Balaban J connectivity index is 3.06. The van der Waals surface area contributed by atoms with Gasteiger partial charge in [0.05, 0.1) is 11.3 Å². The first kappa shape index (κ1) is 13.4. The van der Waals surface area contributed by atoms with Crippen LogP contribution in [0.25, 0.3) is 0 Å². The van der Waals surface area contributed by atoms with Gasteiger partial charge in [-0.05, 0) is 19.1 Å². The molecule has 0 aromatic heterocycles. The second-order valence-corrected chi connectivity index (χ2v) is 3.71. The fourth-order valence-corrected chi connectivity index (χ4v) is 1.53. The number of rotatable bonds is 5. The molecule has 0 spiro atoms. The van der Waals surface area contributed by atoms with Crippen molar-refractivity contribution >= 4 is 17.3 Å². The summed E-state index contributed by atoms with van der Waals surface area (Å²) in [6.45, 7) is 1.59. The maximum atomic E-state index is 10.9. The number of hydrogen-bond acceptors (Lipinski definition) is 5. The lowest BCUT2D eigenvalue weighted by atomic mass is 10.1. The van der Waals surface area contributed by atoms with Crippen molar-refractivity contribution in [3.05, 3.63) is 33.9 Å². The van der Waals surface area contributed by atoms with Gasteiger partial charge in [-0.25, -0.2) is 0 Å². The molecule has 0 saturated carbocycles. The number of para-hydroxylation sites is 1. The molecule has 1 aromatic carbocycles. The highest BCUT2D eigenvalue weighted by Gasteiger charge is 2.21. The van der Waals surface area contributed by atoms with Gasteiger partial charge in [0.25, 0.3) is 0 Å². The monoisotopic (exact) mass is 249 g/mol. The number of carbonyl (C=O) groups is 1. The summed E-state index contributed by atoms with van der Waals surface area (Å²) in [5, 5.41) is 31.0. The molecule has 2 N–H and O–H groups in total. The topological polar surface area (TPSA) is 116 Å². The summed E-state index contributed by atoms with van der Waals surface area (Å²) in [4.78, 5) is 20.8. The van der Waals surface area contributed by atoms with Gasteiger partial charge in [-0.3, -0.25) is 14.9 Å². The Labute approximate surface area is 103 Å². The summed E-state index contributed by atoms with van der Waals surface area (Å²) in [6, 6.07) is 5.54. The Hall–Kier alpha value is -2.62. The zero-order valence-corrected chi connectivity index (χ0v) is 9.58. The van der Waals surface area contributed by atoms with E-state index in [9.17, 15) is 14.9 Å². The van der Waals surface area contributed by atoms with E-state index >= 15 is 0 Å². The number of benzene rings is 1. The van der Waals surface area contributed by atoms with E-state index in [1.54, 1.807) is 13.0 Å². The van der Waals surface area contributed by atoms with E-state index in [4.69, 9.17) is 10.4 Å². The standard InChI is InChI=1S/C11H11N3O4/c1-7(5-10(15)16)13-9-4-2-3-8(6-12)11(9)14(17)18/h2-4,7,13H,5H2,1H3,(H,15,16). The molecule has 1 rings (SSSR count). The molecule has 1 aromatic rings. The molecule has 0 saturated heterocycles. The minimum absolute atomic E-state index is 0.0625. The molecule has 0 aliphatic rings. The average Bonchev–Trinajstić information content (AvgIpc) is 2.26. The number of aliphatic carboxylic acids is 1. The summed E-state index contributed by atoms with van der Waals surface area (Å²) >= 11 is 0. The predicted molar refractivity (Wildman–Crippen MR) is 63.1 cm³/mol. The SMILES string of the molecule is CC(CC(=O)O)Nc1cccc(C#N)c1[N+](=O)[O-]. The first-order chi connectivity index (χ1) is 8.45. The van der Waals surface area contributed by atoms with Crippen LogP contribution in [0.4, 0.5) is 11.4 Å². The average molecular weight is 249 g/mol. The van der Waals surface area contributed by atoms with Gasteiger partial charge in [-0.2, -0.15) is 5.26 Å². The number of nitrogens with one attached hydrogen (secondary N) is 1. The van der Waals surface area contributed by atoms with Gasteiger partial charge in [0.15, 0.2) is 0 Å². The summed E-state index contributed by atoms with van der Waals surface area (Å²) in [6.07, 6.45) is -0.173. The largest absolute Gasteiger partial charge is 0.481 e. The maximum absolute atomic E-state index is 10.9. The molecule has 0 aliphatic carbocycles. The van der Waals surface area contributed by atoms with Crippen molar-refractivity contribution < 1.29 is 14.8 Å². The van der Waals surface area contributed by atoms with Crippen LogP contribution in [-0.2, 0) is 4.79 Å². The summed E-state index contributed by atoms with van der Waals surface area (Å²) in [5.74, 6) is -1.01. The Morgan fingerprint density at radius 2 is 2.33 bits per heavy atom. The van der Waals surface area contributed by atoms with Crippen LogP contribution in [0.15, 0.2) is 18.2 Å². The summed E-state index contributed by atoms with van der Waals surface area (Å²) < 4.78 is 0. The molecule has 18 heavy (non-hydrogen) atoms. The molecule has 7 nitrogen and oxygen atoms in total. The van der Waals surface area contributed by atoms with Crippen LogP contribution >= 0.6 is 0 Å². The summed E-state index contributed by atoms with van der Waals surface area (Å²) in [7, 11) is 0. The van der Waals surface area contributed by atoms with E-state index in [0.29, 0.717) is 0 Å². The van der Waals surface area contributed by atoms with Crippen LogP contribution in [-0.4, -0.2) is 22.0 Å². The lowest BCUT2D eigenvalue weighted by Crippen LogP contribution is -2.20. The molecule has 1 atom stereocenters. The van der Waals surface area contributed by atoms with Gasteiger partial charge in [0, 0.05) is 6.04 Å². The molecule has 0 amide bonds. The van der Waals surface area contributed by atoms with Crippen LogP contribution in [0, 0.1) is 21.4 Å². The molecular formula is C11H11N3O4. The third-order valence-electron chi connectivity index (χ3n) is 2.22. The molecule has 94 valence electrons. The van der Waals surface area contributed by atoms with Crippen LogP contribution in [0.1, 0.15) is 18.9 Å². The van der Waals surface area contributed by atoms with Crippen LogP contribution < -0.4 is 5.32 Å². The zero-order chi connectivity index (χ0) is 13.7. The molecule has 7 heteroatoms. The van der Waals surface area contributed by atoms with Crippen molar-refractivity contribution in [2.75, 3.05) is 5.32 Å². The van der Waals surface area contributed by atoms with Crippen LogP contribution in [0.2, 0.25) is 0 Å². The van der Waals surface area contributed by atoms with Crippen LogP contribution in [0.3, 0.4) is 0 Å². The Kier molecular flexibility index (Phi) is 4.21. The third-order valence-corrected chi connectivity index (χ3v) is 2.22. The minimum Gasteiger partial charge on any atom is -0.481 e. The molecule has 1 unspecified atom stereocenters. The predicted octanol–water partition coefficient (Wildman–Crippen LogP) is 1.74. The quantitative estimate of drug-likeness (QED) is 0.606. The van der Waals surface area contributed by atoms with Crippen LogP contribution in [0.5, 0.6) is 0 Å². The number of anilines is 1. The molecule has 0 heterocycles. The number of nitrogens with zero attached hydrogens (tertiary/aromatic N) is 2. The van der Waals surface area contributed by atoms with Crippen molar-refractivity contribution in [2.45, 2.75) is 19.4 Å². The summed E-state index contributed by atoms with van der Waals surface area (Å²) in [5.41, 5.74) is -0.252. The highest BCUT2D eigenvalue weighted by Crippen LogP contribution is 2.28. The second-order valence-electron chi connectivity index (χ2n) is 3.71. The molecule has 0 aliphatic heterocycles. The van der Waals surface area contributed by atoms with Crippen molar-refractivity contribution in [3.63, 3.8) is 0 Å². The van der Waals surface area contributed by atoms with E-state index in [1.165, 1.54) is 18.2 Å². The first-order valence-electron chi connectivity index (χ1n) is 5.11. The third kappa shape index (κ3) is 3.18. The second kappa shape index (κ2) is 5.63. The Bertz CT molecular complexity index is 522. The van der Waals surface area contributed by atoms with E-state index in [-0.39, 0.29) is 23.4 Å². The normalized spacial score (nSPS) is 11.3. The van der Waals surface area contributed by atoms with Crippen molar-refractivity contribution in [1.29, 1.82) is 5.26 Å². The number of carboxylic acid groups (broad SMARTS) is 1. The number of carboxylic acids is 1. The molecule has 0 radical (unpaired) electrons. The number of nitro groups is 1. The van der Waals surface area contributed by atoms with Gasteiger partial charge in [0.1, 0.15) is 17.3 Å². The molecule has 0 bridgehead atoms. The Morgan fingerprint density at radius 1 is 1.67 bits per heavy atom. The van der Waals surface area contributed by atoms with Gasteiger partial charge >= 0.3 is 11.7 Å². The van der Waals surface area contributed by atoms with Crippen molar-refractivity contribution in [3.8, 4) is 6.07 Å². The first-order valence-corrected chi connectivity index (χ1v) is 5.11. The highest BCUT2D eigenvalue weighted by atomic mass is 16.6. The number of nitro benzene ring substituents is 1. The highest BCUT2D eigenvalue weighted by molar-refractivity contribution is 5.71. The molecule has 0 fully saturated rings. The van der Waals surface area contributed by atoms with E-state index in [2.05, 4.69) is 5.32 Å². The maximum Gasteiger partial charge on any atom is 0.309 e. The van der Waals surface area contributed by atoms with Gasteiger partial charge < -0.3 is 10.4 Å². The lowest BCUT2D eigenvalue weighted by molar-refractivity contribution is -0.384. The van der Waals surface area contributed by atoms with Gasteiger partial charge in [-0.15, -0.1) is 0 Å². The van der Waals surface area contributed by atoms with E-state index in [1.807, 2.05) is 0 Å². The fourth-order valence-electron chi connectivity index (χ4n) is 1.53. The fraction of sp³-hybridized carbons (Fsp3) is 0.273. The molecular weight excluding hydrogens is 238 g/mol. The smallest absolute Gasteiger partial charge is 0.309 e. The lowest BCUT2D eigenvalue weighted by Gasteiger charge is -2.13. The van der Waals surface area contributed by atoms with Gasteiger partial charge in [-0.1, -0.05) is 6.07 Å². The number of nitriles is 1.